The monoisotopic (exact) mass is 209 g/mol. The van der Waals surface area contributed by atoms with Crippen molar-refractivity contribution in [1.82, 2.24) is 5.32 Å². The lowest BCUT2D eigenvalue weighted by atomic mass is 10.3. The maximum absolute atomic E-state index is 9.46. The Kier molecular flexibility index (Phi) is 3.42. The molecule has 82 valence electrons. The number of benzene rings is 1. The zero-order valence-electron chi connectivity index (χ0n) is 8.48. The lowest BCUT2D eigenvalue weighted by Crippen LogP contribution is -2.41. The van der Waals surface area contributed by atoms with Crippen molar-refractivity contribution in [1.29, 1.82) is 0 Å². The normalized spacial score (nSPS) is 21.2. The third-order valence-corrected chi connectivity index (χ3v) is 2.29. The van der Waals surface area contributed by atoms with E-state index in [4.69, 9.17) is 9.47 Å². The summed E-state index contributed by atoms with van der Waals surface area (Å²) in [6.45, 7) is 2.88. The van der Waals surface area contributed by atoms with Crippen molar-refractivity contribution in [3.63, 3.8) is 0 Å². The van der Waals surface area contributed by atoms with Gasteiger partial charge in [-0.05, 0) is 12.1 Å². The van der Waals surface area contributed by atoms with Gasteiger partial charge in [0, 0.05) is 13.1 Å². The highest BCUT2D eigenvalue weighted by atomic mass is 16.5. The molecule has 0 spiro atoms. The molecule has 1 aromatic rings. The molecule has 1 saturated heterocycles. The SMILES string of the molecule is Oc1ccccc1OCC1CNCCO1. The van der Waals surface area contributed by atoms with Gasteiger partial charge >= 0.3 is 0 Å². The molecule has 0 amide bonds. The van der Waals surface area contributed by atoms with Crippen molar-refractivity contribution in [2.24, 2.45) is 0 Å². The molecule has 1 fully saturated rings. The Labute approximate surface area is 88.8 Å². The van der Waals surface area contributed by atoms with E-state index in [1.807, 2.05) is 6.07 Å². The molecule has 1 aliphatic rings. The van der Waals surface area contributed by atoms with Gasteiger partial charge in [0.25, 0.3) is 0 Å². The quantitative estimate of drug-likeness (QED) is 0.771. The topological polar surface area (TPSA) is 50.7 Å². The van der Waals surface area contributed by atoms with E-state index in [2.05, 4.69) is 5.32 Å². The molecule has 0 bridgehead atoms. The number of phenols is 1. The predicted octanol–water partition coefficient (Wildman–Crippen LogP) is 0.759. The van der Waals surface area contributed by atoms with Crippen LogP contribution < -0.4 is 10.1 Å². The van der Waals surface area contributed by atoms with Crippen LogP contribution in [0.2, 0.25) is 0 Å². The van der Waals surface area contributed by atoms with Crippen LogP contribution in [-0.2, 0) is 4.74 Å². The zero-order valence-corrected chi connectivity index (χ0v) is 8.48. The largest absolute Gasteiger partial charge is 0.504 e. The van der Waals surface area contributed by atoms with Gasteiger partial charge in [-0.25, -0.2) is 0 Å². The minimum absolute atomic E-state index is 0.0679. The van der Waals surface area contributed by atoms with Crippen molar-refractivity contribution < 1.29 is 14.6 Å². The molecule has 2 rings (SSSR count). The van der Waals surface area contributed by atoms with Gasteiger partial charge in [-0.3, -0.25) is 0 Å². The Morgan fingerprint density at radius 3 is 3.07 bits per heavy atom. The number of phenolic OH excluding ortho intramolecular Hbond substituents is 1. The maximum Gasteiger partial charge on any atom is 0.161 e. The fraction of sp³-hybridized carbons (Fsp3) is 0.455. The summed E-state index contributed by atoms with van der Waals surface area (Å²) < 4.78 is 10.9. The average Bonchev–Trinajstić information content (AvgIpc) is 2.29. The number of nitrogens with one attached hydrogen (secondary N) is 1. The molecule has 1 aliphatic heterocycles. The maximum atomic E-state index is 9.46. The number of para-hydroxylation sites is 2. The van der Waals surface area contributed by atoms with Crippen LogP contribution in [0.25, 0.3) is 0 Å². The van der Waals surface area contributed by atoms with Gasteiger partial charge < -0.3 is 19.9 Å². The Morgan fingerprint density at radius 1 is 1.47 bits per heavy atom. The summed E-state index contributed by atoms with van der Waals surface area (Å²) in [6, 6.07) is 6.94. The second-order valence-electron chi connectivity index (χ2n) is 3.48. The van der Waals surface area contributed by atoms with Gasteiger partial charge in [0.2, 0.25) is 0 Å². The van der Waals surface area contributed by atoms with Gasteiger partial charge in [-0.1, -0.05) is 12.1 Å². The van der Waals surface area contributed by atoms with Crippen LogP contribution in [0.4, 0.5) is 0 Å². The first-order valence-electron chi connectivity index (χ1n) is 5.09. The molecule has 1 atom stereocenters. The van der Waals surface area contributed by atoms with E-state index in [1.165, 1.54) is 0 Å². The highest BCUT2D eigenvalue weighted by molar-refractivity contribution is 5.37. The molecular formula is C11H15NO3. The fourth-order valence-corrected chi connectivity index (χ4v) is 1.49. The number of rotatable bonds is 3. The molecule has 0 radical (unpaired) electrons. The highest BCUT2D eigenvalue weighted by Crippen LogP contribution is 2.24. The second-order valence-corrected chi connectivity index (χ2v) is 3.48. The highest BCUT2D eigenvalue weighted by Gasteiger charge is 2.14. The van der Waals surface area contributed by atoms with Gasteiger partial charge in [0.05, 0.1) is 6.61 Å². The third kappa shape index (κ3) is 2.84. The minimum atomic E-state index is 0.0679. The van der Waals surface area contributed by atoms with Gasteiger partial charge in [0.1, 0.15) is 12.7 Å². The van der Waals surface area contributed by atoms with Crippen LogP contribution in [0.15, 0.2) is 24.3 Å². The van der Waals surface area contributed by atoms with Crippen LogP contribution in [0, 0.1) is 0 Å². The third-order valence-electron chi connectivity index (χ3n) is 2.29. The molecule has 1 unspecified atom stereocenters. The Balaban J connectivity index is 1.84. The lowest BCUT2D eigenvalue weighted by molar-refractivity contribution is -0.000252. The fourth-order valence-electron chi connectivity index (χ4n) is 1.49. The molecule has 0 saturated carbocycles. The summed E-state index contributed by atoms with van der Waals surface area (Å²) >= 11 is 0. The average molecular weight is 209 g/mol. The molecule has 1 aromatic carbocycles. The van der Waals surface area contributed by atoms with Crippen molar-refractivity contribution >= 4 is 0 Å². The number of aromatic hydroxyl groups is 1. The Hall–Kier alpha value is -1.26. The summed E-state index contributed by atoms with van der Waals surface area (Å²) in [5, 5.41) is 12.7. The first-order valence-corrected chi connectivity index (χ1v) is 5.09. The smallest absolute Gasteiger partial charge is 0.161 e. The molecule has 2 N–H and O–H groups in total. The van der Waals surface area contributed by atoms with E-state index in [0.717, 1.165) is 19.7 Å². The molecular weight excluding hydrogens is 194 g/mol. The molecule has 0 aromatic heterocycles. The van der Waals surface area contributed by atoms with E-state index in [9.17, 15) is 5.11 Å². The van der Waals surface area contributed by atoms with E-state index in [1.54, 1.807) is 18.2 Å². The Bertz CT molecular complexity index is 310. The second kappa shape index (κ2) is 5.00. The zero-order chi connectivity index (χ0) is 10.5. The molecule has 0 aliphatic carbocycles. The summed E-state index contributed by atoms with van der Waals surface area (Å²) in [4.78, 5) is 0. The minimum Gasteiger partial charge on any atom is -0.504 e. The van der Waals surface area contributed by atoms with Gasteiger partial charge in [0.15, 0.2) is 11.5 Å². The number of hydrogen-bond acceptors (Lipinski definition) is 4. The lowest BCUT2D eigenvalue weighted by Gasteiger charge is -2.23. The summed E-state index contributed by atoms with van der Waals surface area (Å²) in [5.41, 5.74) is 0. The van der Waals surface area contributed by atoms with Crippen molar-refractivity contribution in [2.45, 2.75) is 6.10 Å². The van der Waals surface area contributed by atoms with E-state index >= 15 is 0 Å². The van der Waals surface area contributed by atoms with E-state index in [-0.39, 0.29) is 11.9 Å². The summed E-state index contributed by atoms with van der Waals surface area (Å²) in [5.74, 6) is 0.674. The number of ether oxygens (including phenoxy) is 2. The van der Waals surface area contributed by atoms with Crippen LogP contribution in [0.5, 0.6) is 11.5 Å². The first kappa shape index (κ1) is 10.3. The van der Waals surface area contributed by atoms with Crippen LogP contribution in [-0.4, -0.2) is 37.5 Å². The van der Waals surface area contributed by atoms with Crippen molar-refractivity contribution in [2.75, 3.05) is 26.3 Å². The predicted molar refractivity (Wildman–Crippen MR) is 56.2 cm³/mol. The first-order chi connectivity index (χ1) is 7.36. The summed E-state index contributed by atoms with van der Waals surface area (Å²) in [7, 11) is 0. The van der Waals surface area contributed by atoms with Crippen molar-refractivity contribution in [3.8, 4) is 11.5 Å². The van der Waals surface area contributed by atoms with Gasteiger partial charge in [-0.15, -0.1) is 0 Å². The standard InChI is InChI=1S/C11H15NO3/c13-10-3-1-2-4-11(10)15-8-9-7-12-5-6-14-9/h1-4,9,12-13H,5-8H2. The van der Waals surface area contributed by atoms with Crippen LogP contribution in [0.3, 0.4) is 0 Å². The van der Waals surface area contributed by atoms with Crippen molar-refractivity contribution in [3.05, 3.63) is 24.3 Å². The Morgan fingerprint density at radius 2 is 2.33 bits per heavy atom. The van der Waals surface area contributed by atoms with E-state index < -0.39 is 0 Å². The number of hydrogen-bond donors (Lipinski definition) is 2. The summed E-state index contributed by atoms with van der Waals surface area (Å²) in [6.07, 6.45) is 0.0679. The molecule has 15 heavy (non-hydrogen) atoms. The molecule has 4 heteroatoms. The van der Waals surface area contributed by atoms with Gasteiger partial charge in [-0.2, -0.15) is 0 Å². The molecule has 4 nitrogen and oxygen atoms in total. The van der Waals surface area contributed by atoms with Crippen LogP contribution in [0.1, 0.15) is 0 Å². The van der Waals surface area contributed by atoms with Crippen LogP contribution >= 0.6 is 0 Å². The molecule has 1 heterocycles. The van der Waals surface area contributed by atoms with E-state index in [0.29, 0.717) is 12.4 Å². The number of morpholine rings is 1.